The van der Waals surface area contributed by atoms with Crippen LogP contribution in [0.4, 0.5) is 17.1 Å². The molecule has 1 aromatic carbocycles. The maximum Gasteiger partial charge on any atom is 0.0741 e. The molecule has 2 N–H and O–H groups in total. The van der Waals surface area contributed by atoms with E-state index in [4.69, 9.17) is 5.73 Å². The van der Waals surface area contributed by atoms with Gasteiger partial charge in [-0.05, 0) is 31.0 Å². The van der Waals surface area contributed by atoms with E-state index in [1.807, 2.05) is 6.07 Å². The Bertz CT molecular complexity index is 551. The van der Waals surface area contributed by atoms with Gasteiger partial charge in [-0.1, -0.05) is 18.2 Å². The van der Waals surface area contributed by atoms with Crippen LogP contribution in [0.3, 0.4) is 0 Å². The first kappa shape index (κ1) is 10.1. The van der Waals surface area contributed by atoms with Crippen LogP contribution in [-0.2, 0) is 6.42 Å². The van der Waals surface area contributed by atoms with Gasteiger partial charge in [-0.2, -0.15) is 0 Å². The lowest BCUT2D eigenvalue weighted by Crippen LogP contribution is -2.24. The van der Waals surface area contributed by atoms with Crippen molar-refractivity contribution in [1.82, 2.24) is 4.98 Å². The number of para-hydroxylation sites is 1. The Balaban J connectivity index is 2.13. The average Bonchev–Trinajstić information content (AvgIpc) is 2.66. The second kappa shape index (κ2) is 3.77. The molecule has 0 bridgehead atoms. The van der Waals surface area contributed by atoms with E-state index in [2.05, 4.69) is 41.1 Å². The number of pyridine rings is 1. The summed E-state index contributed by atoms with van der Waals surface area (Å²) in [5, 5.41) is 0. The van der Waals surface area contributed by atoms with Crippen LogP contribution in [0.5, 0.6) is 0 Å². The molecule has 1 aliphatic rings. The summed E-state index contributed by atoms with van der Waals surface area (Å²) in [7, 11) is 0. The Kier molecular flexibility index (Phi) is 2.25. The third-order valence-corrected chi connectivity index (χ3v) is 3.29. The zero-order valence-electron chi connectivity index (χ0n) is 9.80. The van der Waals surface area contributed by atoms with Crippen molar-refractivity contribution < 1.29 is 0 Å². The first-order chi connectivity index (χ1) is 8.27. The van der Waals surface area contributed by atoms with Crippen LogP contribution in [-0.4, -0.2) is 11.0 Å². The van der Waals surface area contributed by atoms with Crippen LogP contribution in [0.25, 0.3) is 0 Å². The number of nitrogens with zero attached hydrogens (tertiary/aromatic N) is 2. The number of rotatable bonds is 1. The quantitative estimate of drug-likeness (QED) is 0.811. The van der Waals surface area contributed by atoms with Gasteiger partial charge in [0.1, 0.15) is 0 Å². The number of hydrogen-bond acceptors (Lipinski definition) is 3. The van der Waals surface area contributed by atoms with E-state index in [9.17, 15) is 0 Å². The first-order valence-electron chi connectivity index (χ1n) is 5.84. The molecule has 0 saturated heterocycles. The van der Waals surface area contributed by atoms with Crippen molar-refractivity contribution in [3.05, 3.63) is 48.3 Å². The summed E-state index contributed by atoms with van der Waals surface area (Å²) in [5.74, 6) is 0. The van der Waals surface area contributed by atoms with E-state index in [1.165, 1.54) is 11.3 Å². The summed E-state index contributed by atoms with van der Waals surface area (Å²) >= 11 is 0. The van der Waals surface area contributed by atoms with Gasteiger partial charge in [0.25, 0.3) is 0 Å². The van der Waals surface area contributed by atoms with Crippen molar-refractivity contribution in [2.75, 3.05) is 10.6 Å². The molecule has 0 radical (unpaired) electrons. The summed E-state index contributed by atoms with van der Waals surface area (Å²) in [5.41, 5.74) is 10.4. The summed E-state index contributed by atoms with van der Waals surface area (Å²) in [6.07, 6.45) is 4.57. The van der Waals surface area contributed by atoms with Crippen LogP contribution in [0.15, 0.2) is 42.7 Å². The molecule has 0 saturated carbocycles. The van der Waals surface area contributed by atoms with Crippen molar-refractivity contribution in [2.24, 2.45) is 0 Å². The molecule has 0 fully saturated rings. The van der Waals surface area contributed by atoms with Crippen molar-refractivity contribution in [2.45, 2.75) is 19.4 Å². The summed E-state index contributed by atoms with van der Waals surface area (Å²) in [6, 6.07) is 10.9. The highest BCUT2D eigenvalue weighted by atomic mass is 15.2. The summed E-state index contributed by atoms with van der Waals surface area (Å²) < 4.78 is 0. The second-order valence-electron chi connectivity index (χ2n) is 4.49. The monoisotopic (exact) mass is 225 g/mol. The fourth-order valence-corrected chi connectivity index (χ4v) is 2.55. The van der Waals surface area contributed by atoms with Gasteiger partial charge in [0.05, 0.1) is 17.6 Å². The lowest BCUT2D eigenvalue weighted by Gasteiger charge is -2.26. The highest BCUT2D eigenvalue weighted by Crippen LogP contribution is 2.39. The average molecular weight is 225 g/mol. The minimum Gasteiger partial charge on any atom is -0.396 e. The third kappa shape index (κ3) is 1.55. The van der Waals surface area contributed by atoms with Gasteiger partial charge in [-0.3, -0.25) is 4.98 Å². The molecule has 1 aliphatic heterocycles. The van der Waals surface area contributed by atoms with E-state index in [1.54, 1.807) is 12.4 Å². The zero-order chi connectivity index (χ0) is 11.8. The summed E-state index contributed by atoms with van der Waals surface area (Å²) in [4.78, 5) is 6.34. The predicted octanol–water partition coefficient (Wildman–Crippen LogP) is 2.75. The zero-order valence-corrected chi connectivity index (χ0v) is 9.80. The van der Waals surface area contributed by atoms with Crippen LogP contribution in [0, 0.1) is 0 Å². The molecule has 86 valence electrons. The fraction of sp³-hybridized carbons (Fsp3) is 0.214. The molecular weight excluding hydrogens is 210 g/mol. The molecule has 3 heteroatoms. The number of aromatic nitrogens is 1. The van der Waals surface area contributed by atoms with Gasteiger partial charge in [-0.25, -0.2) is 0 Å². The molecule has 2 heterocycles. The minimum absolute atomic E-state index is 0.442. The fourth-order valence-electron chi connectivity index (χ4n) is 2.55. The topological polar surface area (TPSA) is 42.2 Å². The van der Waals surface area contributed by atoms with Gasteiger partial charge in [0, 0.05) is 17.9 Å². The molecule has 3 rings (SSSR count). The van der Waals surface area contributed by atoms with Crippen LogP contribution in [0.1, 0.15) is 12.5 Å². The molecule has 1 aromatic heterocycles. The SMILES string of the molecule is CC1Cc2ccccc2N1c1ccncc1N. The number of benzene rings is 1. The largest absolute Gasteiger partial charge is 0.396 e. The molecule has 17 heavy (non-hydrogen) atoms. The smallest absolute Gasteiger partial charge is 0.0741 e. The lowest BCUT2D eigenvalue weighted by atomic mass is 10.1. The highest BCUT2D eigenvalue weighted by molar-refractivity contribution is 5.78. The van der Waals surface area contributed by atoms with Gasteiger partial charge >= 0.3 is 0 Å². The van der Waals surface area contributed by atoms with Crippen LogP contribution >= 0.6 is 0 Å². The van der Waals surface area contributed by atoms with Gasteiger partial charge in [0.2, 0.25) is 0 Å². The number of anilines is 3. The number of nitrogen functional groups attached to an aromatic ring is 1. The van der Waals surface area contributed by atoms with E-state index < -0.39 is 0 Å². The van der Waals surface area contributed by atoms with Gasteiger partial charge in [0.15, 0.2) is 0 Å². The third-order valence-electron chi connectivity index (χ3n) is 3.29. The van der Waals surface area contributed by atoms with E-state index in [0.717, 1.165) is 17.8 Å². The Morgan fingerprint density at radius 1 is 1.24 bits per heavy atom. The van der Waals surface area contributed by atoms with Crippen LogP contribution < -0.4 is 10.6 Å². The molecule has 1 atom stereocenters. The summed E-state index contributed by atoms with van der Waals surface area (Å²) in [6.45, 7) is 2.22. The molecule has 0 amide bonds. The Hall–Kier alpha value is -2.03. The lowest BCUT2D eigenvalue weighted by molar-refractivity contribution is 0.759. The molecule has 0 spiro atoms. The Morgan fingerprint density at radius 3 is 2.88 bits per heavy atom. The van der Waals surface area contributed by atoms with E-state index >= 15 is 0 Å². The maximum absolute atomic E-state index is 6.02. The van der Waals surface area contributed by atoms with Crippen molar-refractivity contribution in [3.63, 3.8) is 0 Å². The molecular formula is C14H15N3. The van der Waals surface area contributed by atoms with Crippen LogP contribution in [0.2, 0.25) is 0 Å². The van der Waals surface area contributed by atoms with E-state index in [-0.39, 0.29) is 0 Å². The number of hydrogen-bond donors (Lipinski definition) is 1. The number of fused-ring (bicyclic) bond motifs is 1. The first-order valence-corrected chi connectivity index (χ1v) is 5.84. The van der Waals surface area contributed by atoms with Crippen molar-refractivity contribution in [3.8, 4) is 0 Å². The van der Waals surface area contributed by atoms with Gasteiger partial charge < -0.3 is 10.6 Å². The standard InChI is InChI=1S/C14H15N3/c1-10-8-11-4-2-3-5-13(11)17(10)14-6-7-16-9-12(14)15/h2-7,9-10H,8,15H2,1H3. The predicted molar refractivity (Wildman–Crippen MR) is 70.4 cm³/mol. The highest BCUT2D eigenvalue weighted by Gasteiger charge is 2.27. The molecule has 1 unspecified atom stereocenters. The Labute approximate surface area is 101 Å². The maximum atomic E-state index is 6.02. The molecule has 2 aromatic rings. The minimum atomic E-state index is 0.442. The van der Waals surface area contributed by atoms with Crippen molar-refractivity contribution >= 4 is 17.1 Å². The molecule has 0 aliphatic carbocycles. The van der Waals surface area contributed by atoms with Gasteiger partial charge in [-0.15, -0.1) is 0 Å². The molecule has 3 nitrogen and oxygen atoms in total. The Morgan fingerprint density at radius 2 is 2.06 bits per heavy atom. The van der Waals surface area contributed by atoms with Crippen molar-refractivity contribution in [1.29, 1.82) is 0 Å². The number of nitrogens with two attached hydrogens (primary N) is 1. The normalized spacial score (nSPS) is 18.2. The second-order valence-corrected chi connectivity index (χ2v) is 4.49. The van der Waals surface area contributed by atoms with E-state index in [0.29, 0.717) is 6.04 Å².